The second-order valence-electron chi connectivity index (χ2n) is 8.08. The average molecular weight is 233 g/mol. The third kappa shape index (κ3) is 1.77. The van der Waals surface area contributed by atoms with E-state index < -0.39 is 0 Å². The molecule has 5 saturated carbocycles. The summed E-state index contributed by atoms with van der Waals surface area (Å²) in [6, 6.07) is 0. The summed E-state index contributed by atoms with van der Waals surface area (Å²) in [4.78, 5) is 0. The molecule has 2 N–H and O–H groups in total. The summed E-state index contributed by atoms with van der Waals surface area (Å²) in [5.74, 6) is 6.20. The van der Waals surface area contributed by atoms with Gasteiger partial charge in [-0.3, -0.25) is 0 Å². The predicted octanol–water partition coefficient (Wildman–Crippen LogP) is 3.58. The van der Waals surface area contributed by atoms with E-state index in [1.807, 2.05) is 0 Å². The van der Waals surface area contributed by atoms with Crippen molar-refractivity contribution in [2.75, 3.05) is 0 Å². The van der Waals surface area contributed by atoms with E-state index in [9.17, 15) is 0 Å². The number of rotatable bonds is 3. The molecule has 5 rings (SSSR count). The quantitative estimate of drug-likeness (QED) is 0.792. The van der Waals surface area contributed by atoms with Crippen LogP contribution >= 0.6 is 0 Å². The van der Waals surface area contributed by atoms with Crippen LogP contribution in [0.5, 0.6) is 0 Å². The summed E-state index contributed by atoms with van der Waals surface area (Å²) in [7, 11) is 0. The van der Waals surface area contributed by atoms with Gasteiger partial charge in [0.1, 0.15) is 0 Å². The normalized spacial score (nSPS) is 51.5. The Morgan fingerprint density at radius 2 is 1.47 bits per heavy atom. The van der Waals surface area contributed by atoms with Crippen LogP contribution in [-0.4, -0.2) is 5.54 Å². The molecule has 1 atom stereocenters. The van der Waals surface area contributed by atoms with Crippen molar-refractivity contribution in [1.82, 2.24) is 0 Å². The third-order valence-electron chi connectivity index (χ3n) is 6.61. The molecule has 5 aliphatic carbocycles. The molecule has 17 heavy (non-hydrogen) atoms. The second kappa shape index (κ2) is 3.50. The average Bonchev–Trinajstić information content (AvgIpc) is 3.06. The van der Waals surface area contributed by atoms with Gasteiger partial charge < -0.3 is 5.73 Å². The molecular weight excluding hydrogens is 206 g/mol. The molecule has 0 aromatic carbocycles. The standard InChI is InChI=1S/C16H27N/c1-16(17,14-2-3-14)9-15-12-5-10-4-11(7-12)8-13(15)6-10/h10-15H,2-9,17H2,1H3. The van der Waals surface area contributed by atoms with Gasteiger partial charge >= 0.3 is 0 Å². The minimum absolute atomic E-state index is 0.167. The van der Waals surface area contributed by atoms with Crippen LogP contribution in [0.1, 0.15) is 58.3 Å². The monoisotopic (exact) mass is 233 g/mol. The molecule has 0 heterocycles. The lowest BCUT2D eigenvalue weighted by Crippen LogP contribution is -2.50. The number of hydrogen-bond donors (Lipinski definition) is 1. The first-order valence-electron chi connectivity index (χ1n) is 7.90. The van der Waals surface area contributed by atoms with Gasteiger partial charge in [0, 0.05) is 5.54 Å². The molecule has 0 amide bonds. The lowest BCUT2D eigenvalue weighted by atomic mass is 9.50. The van der Waals surface area contributed by atoms with Crippen molar-refractivity contribution in [1.29, 1.82) is 0 Å². The van der Waals surface area contributed by atoms with E-state index in [2.05, 4.69) is 6.92 Å². The molecule has 1 nitrogen and oxygen atoms in total. The molecule has 0 aromatic heterocycles. The molecule has 0 spiro atoms. The van der Waals surface area contributed by atoms with E-state index in [1.165, 1.54) is 19.3 Å². The Morgan fingerprint density at radius 3 is 1.94 bits per heavy atom. The molecule has 5 aliphatic rings. The molecule has 5 fully saturated rings. The van der Waals surface area contributed by atoms with Gasteiger partial charge in [-0.1, -0.05) is 0 Å². The summed E-state index contributed by atoms with van der Waals surface area (Å²) in [6.07, 6.45) is 11.9. The van der Waals surface area contributed by atoms with Gasteiger partial charge in [0.15, 0.2) is 0 Å². The van der Waals surface area contributed by atoms with E-state index >= 15 is 0 Å². The number of hydrogen-bond acceptors (Lipinski definition) is 1. The van der Waals surface area contributed by atoms with E-state index in [0.717, 1.165) is 35.5 Å². The van der Waals surface area contributed by atoms with Crippen molar-refractivity contribution >= 4 is 0 Å². The first-order chi connectivity index (χ1) is 8.12. The Labute approximate surface area is 106 Å². The fraction of sp³-hybridized carbons (Fsp3) is 1.00. The highest BCUT2D eigenvalue weighted by Crippen LogP contribution is 2.59. The minimum atomic E-state index is 0.167. The highest BCUT2D eigenvalue weighted by atomic mass is 14.8. The molecule has 4 bridgehead atoms. The van der Waals surface area contributed by atoms with Crippen LogP contribution in [0.3, 0.4) is 0 Å². The van der Waals surface area contributed by atoms with Crippen molar-refractivity contribution in [3.8, 4) is 0 Å². The van der Waals surface area contributed by atoms with Crippen LogP contribution < -0.4 is 5.73 Å². The highest BCUT2D eigenvalue weighted by molar-refractivity contribution is 5.03. The SMILES string of the molecule is CC(N)(CC1C2CC3CC(C2)CC1C3)C1CC1. The van der Waals surface area contributed by atoms with Gasteiger partial charge in [-0.05, 0) is 93.8 Å². The zero-order valence-electron chi connectivity index (χ0n) is 11.2. The van der Waals surface area contributed by atoms with Gasteiger partial charge in [0.05, 0.1) is 0 Å². The number of nitrogens with two attached hydrogens (primary N) is 1. The van der Waals surface area contributed by atoms with Crippen molar-refractivity contribution in [3.05, 3.63) is 0 Å². The Bertz CT molecular complexity index is 287. The molecule has 0 saturated heterocycles. The maximum atomic E-state index is 6.60. The maximum absolute atomic E-state index is 6.60. The highest BCUT2D eigenvalue weighted by Gasteiger charge is 2.50. The van der Waals surface area contributed by atoms with Crippen LogP contribution in [0.4, 0.5) is 0 Å². The van der Waals surface area contributed by atoms with Gasteiger partial charge in [-0.2, -0.15) is 0 Å². The van der Waals surface area contributed by atoms with Gasteiger partial charge in [0.2, 0.25) is 0 Å². The second-order valence-corrected chi connectivity index (χ2v) is 8.08. The Kier molecular flexibility index (Phi) is 2.23. The van der Waals surface area contributed by atoms with Gasteiger partial charge in [-0.15, -0.1) is 0 Å². The van der Waals surface area contributed by atoms with Crippen LogP contribution in [0.15, 0.2) is 0 Å². The van der Waals surface area contributed by atoms with E-state index in [-0.39, 0.29) is 5.54 Å². The molecular formula is C16H27N. The Balaban J connectivity index is 1.50. The zero-order valence-corrected chi connectivity index (χ0v) is 11.2. The molecule has 96 valence electrons. The van der Waals surface area contributed by atoms with E-state index in [0.29, 0.717) is 0 Å². The zero-order chi connectivity index (χ0) is 11.6. The topological polar surface area (TPSA) is 26.0 Å². The van der Waals surface area contributed by atoms with Crippen LogP contribution in [0.2, 0.25) is 0 Å². The molecule has 1 unspecified atom stereocenters. The van der Waals surface area contributed by atoms with Crippen LogP contribution in [-0.2, 0) is 0 Å². The third-order valence-corrected chi connectivity index (χ3v) is 6.61. The lowest BCUT2D eigenvalue weighted by Gasteiger charge is -2.56. The summed E-state index contributed by atoms with van der Waals surface area (Å²) in [6.45, 7) is 2.34. The molecule has 1 heteroatoms. The first-order valence-corrected chi connectivity index (χ1v) is 7.90. The predicted molar refractivity (Wildman–Crippen MR) is 70.5 cm³/mol. The Hall–Kier alpha value is -0.0400. The molecule has 0 aliphatic heterocycles. The summed E-state index contributed by atoms with van der Waals surface area (Å²) < 4.78 is 0. The largest absolute Gasteiger partial charge is 0.325 e. The summed E-state index contributed by atoms with van der Waals surface area (Å²) in [5.41, 5.74) is 6.77. The van der Waals surface area contributed by atoms with E-state index in [4.69, 9.17) is 5.73 Å². The van der Waals surface area contributed by atoms with E-state index in [1.54, 1.807) is 32.1 Å². The van der Waals surface area contributed by atoms with Crippen molar-refractivity contribution < 1.29 is 0 Å². The Morgan fingerprint density at radius 1 is 0.941 bits per heavy atom. The minimum Gasteiger partial charge on any atom is -0.325 e. The fourth-order valence-electron chi connectivity index (χ4n) is 5.79. The maximum Gasteiger partial charge on any atom is 0.0157 e. The van der Waals surface area contributed by atoms with Gasteiger partial charge in [-0.25, -0.2) is 0 Å². The van der Waals surface area contributed by atoms with Crippen molar-refractivity contribution in [2.45, 2.75) is 63.8 Å². The first kappa shape index (κ1) is 10.8. The summed E-state index contributed by atoms with van der Waals surface area (Å²) >= 11 is 0. The molecule has 0 aromatic rings. The van der Waals surface area contributed by atoms with Crippen LogP contribution in [0.25, 0.3) is 0 Å². The van der Waals surface area contributed by atoms with Crippen molar-refractivity contribution in [3.63, 3.8) is 0 Å². The lowest BCUT2D eigenvalue weighted by molar-refractivity contribution is -0.0482. The fourth-order valence-corrected chi connectivity index (χ4v) is 5.79. The van der Waals surface area contributed by atoms with Gasteiger partial charge in [0.25, 0.3) is 0 Å². The molecule has 0 radical (unpaired) electrons. The van der Waals surface area contributed by atoms with Crippen LogP contribution in [0, 0.1) is 35.5 Å². The smallest absolute Gasteiger partial charge is 0.0157 e. The van der Waals surface area contributed by atoms with Crippen molar-refractivity contribution in [2.24, 2.45) is 41.2 Å². The summed E-state index contributed by atoms with van der Waals surface area (Å²) in [5, 5.41) is 0.